The van der Waals surface area contributed by atoms with E-state index in [1.165, 1.54) is 49.4 Å². The molecule has 154 valence electrons. The maximum Gasteiger partial charge on any atom is 1.00 e. The molecule has 7 nitrogen and oxygen atoms in total. The number of aliphatic carboxylic acids is 1. The van der Waals surface area contributed by atoms with Gasteiger partial charge in [0.1, 0.15) is 0 Å². The van der Waals surface area contributed by atoms with Crippen molar-refractivity contribution in [1.29, 1.82) is 0 Å². The standard InChI is InChI=1S/C20H20Cl2N2O5.Na/c1-19(2,12-4-7-14(8-5-12)24(28)29)23-17(25)11-20(3,18(26)27)13-6-9-15(21)16(22)10-13;/h4-10H,11H2,1-3H3,(H,23,25)(H,26,27);/q;+1/p-1. The van der Waals surface area contributed by atoms with Crippen molar-refractivity contribution in [1.82, 2.24) is 5.32 Å². The number of nitrogens with zero attached hydrogens (tertiary/aromatic N) is 1. The number of hydrogen-bond donors (Lipinski definition) is 1. The Hall–Kier alpha value is -1.64. The third-order valence-electron chi connectivity index (χ3n) is 4.77. The number of carboxylic acids is 1. The molecule has 2 rings (SSSR count). The summed E-state index contributed by atoms with van der Waals surface area (Å²) in [6.07, 6.45) is -0.399. The molecule has 0 saturated carbocycles. The van der Waals surface area contributed by atoms with Crippen molar-refractivity contribution >= 4 is 40.8 Å². The largest absolute Gasteiger partial charge is 1.00 e. The van der Waals surface area contributed by atoms with E-state index < -0.39 is 34.2 Å². The number of benzene rings is 2. The van der Waals surface area contributed by atoms with Crippen LogP contribution in [0.5, 0.6) is 0 Å². The summed E-state index contributed by atoms with van der Waals surface area (Å²) in [5, 5.41) is 25.9. The van der Waals surface area contributed by atoms with Crippen LogP contribution in [0.1, 0.15) is 38.3 Å². The molecule has 2 aromatic rings. The van der Waals surface area contributed by atoms with Gasteiger partial charge in [0.15, 0.2) is 0 Å². The molecule has 0 aliphatic heterocycles. The van der Waals surface area contributed by atoms with Crippen molar-refractivity contribution in [2.75, 3.05) is 0 Å². The number of amides is 1. The molecule has 10 heteroatoms. The molecule has 0 spiro atoms. The van der Waals surface area contributed by atoms with Crippen LogP contribution in [0.4, 0.5) is 5.69 Å². The summed E-state index contributed by atoms with van der Waals surface area (Å²) in [4.78, 5) is 34.8. The first-order chi connectivity index (χ1) is 13.4. The average Bonchev–Trinajstić information content (AvgIpc) is 2.63. The first kappa shape index (κ1) is 26.4. The smallest absolute Gasteiger partial charge is 0.549 e. The number of non-ortho nitro benzene ring substituents is 1. The van der Waals surface area contributed by atoms with Crippen LogP contribution in [-0.2, 0) is 20.5 Å². The molecule has 0 aliphatic rings. The van der Waals surface area contributed by atoms with Gasteiger partial charge in [-0.25, -0.2) is 0 Å². The summed E-state index contributed by atoms with van der Waals surface area (Å²) < 4.78 is 0. The van der Waals surface area contributed by atoms with Crippen molar-refractivity contribution in [2.24, 2.45) is 0 Å². The zero-order valence-electron chi connectivity index (χ0n) is 17.0. The van der Waals surface area contributed by atoms with Gasteiger partial charge in [-0.15, -0.1) is 0 Å². The number of carbonyl (C=O) groups excluding carboxylic acids is 2. The number of nitro groups is 1. The van der Waals surface area contributed by atoms with Crippen LogP contribution in [-0.4, -0.2) is 16.8 Å². The third-order valence-corrected chi connectivity index (χ3v) is 5.51. The molecule has 0 radical (unpaired) electrons. The Morgan fingerprint density at radius 3 is 2.00 bits per heavy atom. The maximum absolute atomic E-state index is 12.7. The number of rotatable bonds is 7. The Morgan fingerprint density at radius 2 is 1.53 bits per heavy atom. The summed E-state index contributed by atoms with van der Waals surface area (Å²) >= 11 is 11.9. The van der Waals surface area contributed by atoms with Gasteiger partial charge in [0.2, 0.25) is 5.91 Å². The van der Waals surface area contributed by atoms with Crippen molar-refractivity contribution in [2.45, 2.75) is 38.1 Å². The minimum atomic E-state index is -1.64. The number of nitro benzene ring substituents is 1. The molecule has 1 amide bonds. The maximum atomic E-state index is 12.7. The second kappa shape index (κ2) is 10.1. The predicted octanol–water partition coefficient (Wildman–Crippen LogP) is 0.355. The van der Waals surface area contributed by atoms with Crippen molar-refractivity contribution in [3.8, 4) is 0 Å². The summed E-state index contributed by atoms with van der Waals surface area (Å²) in [6.45, 7) is 4.80. The molecule has 1 unspecified atom stereocenters. The third kappa shape index (κ3) is 5.95. The molecule has 2 aromatic carbocycles. The fraction of sp³-hybridized carbons (Fsp3) is 0.300. The van der Waals surface area contributed by atoms with Crippen LogP contribution < -0.4 is 40.0 Å². The van der Waals surface area contributed by atoms with Gasteiger partial charge in [-0.1, -0.05) is 29.3 Å². The Kier molecular flexibility index (Phi) is 8.90. The van der Waals surface area contributed by atoms with E-state index >= 15 is 0 Å². The fourth-order valence-corrected chi connectivity index (χ4v) is 3.22. The van der Waals surface area contributed by atoms with Gasteiger partial charge >= 0.3 is 29.6 Å². The molecule has 0 aromatic heterocycles. The van der Waals surface area contributed by atoms with Gasteiger partial charge in [0.05, 0.1) is 26.5 Å². The van der Waals surface area contributed by atoms with Crippen LogP contribution >= 0.6 is 23.2 Å². The van der Waals surface area contributed by atoms with E-state index in [0.717, 1.165) is 0 Å². The molecule has 0 bridgehead atoms. The van der Waals surface area contributed by atoms with E-state index in [1.807, 2.05) is 0 Å². The second-order valence-corrected chi connectivity index (χ2v) is 8.22. The van der Waals surface area contributed by atoms with E-state index in [-0.39, 0.29) is 50.9 Å². The monoisotopic (exact) mass is 460 g/mol. The van der Waals surface area contributed by atoms with Gasteiger partial charge in [0, 0.05) is 24.0 Å². The second-order valence-electron chi connectivity index (χ2n) is 7.40. The van der Waals surface area contributed by atoms with E-state index in [4.69, 9.17) is 23.2 Å². The zero-order valence-corrected chi connectivity index (χ0v) is 20.5. The number of nitrogens with one attached hydrogen (secondary N) is 1. The molecule has 1 N–H and O–H groups in total. The number of hydrogen-bond acceptors (Lipinski definition) is 5. The van der Waals surface area contributed by atoms with E-state index in [9.17, 15) is 24.8 Å². The van der Waals surface area contributed by atoms with Crippen LogP contribution in [0.3, 0.4) is 0 Å². The Bertz CT molecular complexity index is 966. The minimum absolute atomic E-state index is 0. The first-order valence-corrected chi connectivity index (χ1v) is 9.35. The van der Waals surface area contributed by atoms with E-state index in [0.29, 0.717) is 5.56 Å². The quantitative estimate of drug-likeness (QED) is 0.364. The number of halogens is 2. The first-order valence-electron chi connectivity index (χ1n) is 8.60. The fourth-order valence-electron chi connectivity index (χ4n) is 2.92. The number of carbonyl (C=O) groups is 2. The molecular weight excluding hydrogens is 442 g/mol. The minimum Gasteiger partial charge on any atom is -0.549 e. The summed E-state index contributed by atoms with van der Waals surface area (Å²) in [6, 6.07) is 10.1. The van der Waals surface area contributed by atoms with Crippen molar-refractivity contribution < 1.29 is 49.2 Å². The number of carboxylic acid groups (broad SMARTS) is 1. The molecule has 0 aliphatic carbocycles. The van der Waals surface area contributed by atoms with Crippen molar-refractivity contribution in [3.63, 3.8) is 0 Å². The van der Waals surface area contributed by atoms with Crippen LogP contribution in [0, 0.1) is 10.1 Å². The summed E-state index contributed by atoms with van der Waals surface area (Å²) in [5.74, 6) is -1.97. The SMILES string of the molecule is CC(C)(NC(=O)CC(C)(C(=O)[O-])c1ccc(Cl)c(Cl)c1)c1ccc([N+](=O)[O-])cc1.[Na+]. The van der Waals surface area contributed by atoms with Crippen LogP contribution in [0.15, 0.2) is 42.5 Å². The van der Waals surface area contributed by atoms with Gasteiger partial charge in [-0.05, 0) is 56.2 Å². The topological polar surface area (TPSA) is 112 Å². The van der Waals surface area contributed by atoms with E-state index in [2.05, 4.69) is 5.32 Å². The molecule has 1 atom stereocenters. The normalized spacial score (nSPS) is 13.0. The van der Waals surface area contributed by atoms with Gasteiger partial charge in [-0.2, -0.15) is 0 Å². The zero-order chi connectivity index (χ0) is 22.0. The van der Waals surface area contributed by atoms with Gasteiger partial charge in [-0.3, -0.25) is 14.9 Å². The summed E-state index contributed by atoms with van der Waals surface area (Å²) in [7, 11) is 0. The van der Waals surface area contributed by atoms with Crippen LogP contribution in [0.25, 0.3) is 0 Å². The van der Waals surface area contributed by atoms with Crippen LogP contribution in [0.2, 0.25) is 10.0 Å². The molecule has 0 saturated heterocycles. The average molecular weight is 461 g/mol. The Labute approximate surface area is 206 Å². The Balaban J connectivity index is 0.00000450. The molecule has 30 heavy (non-hydrogen) atoms. The van der Waals surface area contributed by atoms with Crippen molar-refractivity contribution in [3.05, 3.63) is 73.8 Å². The molecular formula is C20H19Cl2N2NaO5. The Morgan fingerprint density at radius 1 is 1.00 bits per heavy atom. The summed E-state index contributed by atoms with van der Waals surface area (Å²) in [5.41, 5.74) is -1.68. The predicted molar refractivity (Wildman–Crippen MR) is 108 cm³/mol. The van der Waals surface area contributed by atoms with Gasteiger partial charge < -0.3 is 15.2 Å². The molecule has 0 fully saturated rings. The molecule has 0 heterocycles. The van der Waals surface area contributed by atoms with E-state index in [1.54, 1.807) is 13.8 Å². The van der Waals surface area contributed by atoms with Gasteiger partial charge in [0.25, 0.3) is 5.69 Å².